The first-order valence-corrected chi connectivity index (χ1v) is 5.82. The highest BCUT2D eigenvalue weighted by molar-refractivity contribution is 7.11. The van der Waals surface area contributed by atoms with Gasteiger partial charge >= 0.3 is 0 Å². The molecule has 1 aromatic heterocycles. The van der Waals surface area contributed by atoms with Gasteiger partial charge in [0.25, 0.3) is 0 Å². The number of nitrogens with one attached hydrogen (secondary N) is 1. The van der Waals surface area contributed by atoms with E-state index in [1.165, 1.54) is 17.8 Å². The van der Waals surface area contributed by atoms with E-state index in [9.17, 15) is 4.79 Å². The van der Waals surface area contributed by atoms with Crippen molar-refractivity contribution in [2.45, 2.75) is 25.8 Å². The number of rotatable bonds is 4. The van der Waals surface area contributed by atoms with Crippen molar-refractivity contribution in [2.24, 2.45) is 5.92 Å². The molecule has 0 unspecified atom stereocenters. The average Bonchev–Trinajstić information content (AvgIpc) is 2.50. The molecule has 0 aromatic carbocycles. The van der Waals surface area contributed by atoms with E-state index in [0.29, 0.717) is 5.01 Å². The van der Waals surface area contributed by atoms with Crippen LogP contribution in [0.4, 0.5) is 0 Å². The van der Waals surface area contributed by atoms with Crippen LogP contribution in [0.3, 0.4) is 0 Å². The number of hydrogen-bond donors (Lipinski definition) is 1. The molecule has 1 saturated carbocycles. The number of aromatic nitrogens is 1. The van der Waals surface area contributed by atoms with Gasteiger partial charge in [-0.2, -0.15) is 0 Å². The number of thiazole rings is 1. The zero-order valence-corrected chi connectivity index (χ0v) is 9.06. The van der Waals surface area contributed by atoms with Crippen molar-refractivity contribution in [3.05, 3.63) is 16.1 Å². The third kappa shape index (κ3) is 1.86. The molecule has 1 N–H and O–H groups in total. The van der Waals surface area contributed by atoms with Gasteiger partial charge in [-0.15, -0.1) is 11.3 Å². The van der Waals surface area contributed by atoms with Crippen LogP contribution >= 0.6 is 11.3 Å². The molecule has 0 atom stereocenters. The normalized spacial score (nSPS) is 16.6. The van der Waals surface area contributed by atoms with Gasteiger partial charge in [-0.3, -0.25) is 4.79 Å². The second kappa shape index (κ2) is 4.19. The van der Waals surface area contributed by atoms with Crippen LogP contribution in [0.1, 0.15) is 34.8 Å². The fraction of sp³-hybridized carbons (Fsp3) is 0.600. The van der Waals surface area contributed by atoms with Crippen molar-refractivity contribution in [2.75, 3.05) is 7.05 Å². The number of carbonyl (C=O) groups excluding carboxylic acids is 1. The molecular weight excluding hydrogens is 196 g/mol. The largest absolute Gasteiger partial charge is 0.314 e. The van der Waals surface area contributed by atoms with E-state index in [1.54, 1.807) is 0 Å². The smallest absolute Gasteiger partial charge is 0.194 e. The Balaban J connectivity index is 2.04. The highest BCUT2D eigenvalue weighted by Gasteiger charge is 2.27. The Bertz CT molecular complexity index is 331. The molecule has 1 aromatic rings. The first kappa shape index (κ1) is 9.80. The third-order valence-corrected chi connectivity index (χ3v) is 3.50. The van der Waals surface area contributed by atoms with Gasteiger partial charge in [0.2, 0.25) is 0 Å². The predicted octanol–water partition coefficient (Wildman–Crippen LogP) is 1.85. The molecule has 0 spiro atoms. The Labute approximate surface area is 87.6 Å². The monoisotopic (exact) mass is 210 g/mol. The van der Waals surface area contributed by atoms with Crippen molar-refractivity contribution in [1.82, 2.24) is 10.3 Å². The number of ketones is 1. The number of Topliss-reactive ketones (excluding diaryl/α,β-unsaturated/α-hetero) is 1. The second-order valence-corrected chi connectivity index (χ2v) is 4.52. The molecular formula is C10H14N2OS. The van der Waals surface area contributed by atoms with E-state index in [2.05, 4.69) is 10.3 Å². The summed E-state index contributed by atoms with van der Waals surface area (Å²) < 4.78 is 0. The zero-order chi connectivity index (χ0) is 9.97. The van der Waals surface area contributed by atoms with E-state index in [-0.39, 0.29) is 11.7 Å². The number of nitrogens with zero attached hydrogens (tertiary/aromatic N) is 1. The van der Waals surface area contributed by atoms with E-state index < -0.39 is 0 Å². The van der Waals surface area contributed by atoms with Gasteiger partial charge in [-0.05, 0) is 19.9 Å². The minimum Gasteiger partial charge on any atom is -0.314 e. The summed E-state index contributed by atoms with van der Waals surface area (Å²) >= 11 is 1.47. The first-order chi connectivity index (χ1) is 6.81. The molecule has 1 heterocycles. The van der Waals surface area contributed by atoms with E-state index in [0.717, 1.165) is 25.1 Å². The maximum atomic E-state index is 11.8. The summed E-state index contributed by atoms with van der Waals surface area (Å²) in [6.07, 6.45) is 3.31. The second-order valence-electron chi connectivity index (χ2n) is 3.67. The van der Waals surface area contributed by atoms with Crippen LogP contribution in [-0.2, 0) is 6.54 Å². The molecule has 0 bridgehead atoms. The van der Waals surface area contributed by atoms with Crippen LogP contribution < -0.4 is 5.32 Å². The lowest BCUT2D eigenvalue weighted by atomic mass is 9.82. The quantitative estimate of drug-likeness (QED) is 0.771. The Kier molecular flexibility index (Phi) is 2.93. The van der Waals surface area contributed by atoms with Gasteiger partial charge in [0.1, 0.15) is 0 Å². The molecule has 1 aliphatic carbocycles. The summed E-state index contributed by atoms with van der Waals surface area (Å²) in [4.78, 5) is 16.1. The standard InChI is InChI=1S/C10H14N2OS/c1-11-5-8-6-14-10(12-8)9(13)7-3-2-4-7/h6-7,11H,2-5H2,1H3. The van der Waals surface area contributed by atoms with Crippen LogP contribution in [0.5, 0.6) is 0 Å². The average molecular weight is 210 g/mol. The van der Waals surface area contributed by atoms with Crippen molar-refractivity contribution in [3.63, 3.8) is 0 Å². The topological polar surface area (TPSA) is 42.0 Å². The van der Waals surface area contributed by atoms with Gasteiger partial charge in [0, 0.05) is 17.8 Å². The highest BCUT2D eigenvalue weighted by atomic mass is 32.1. The van der Waals surface area contributed by atoms with Crippen molar-refractivity contribution in [1.29, 1.82) is 0 Å². The Morgan fingerprint density at radius 2 is 2.50 bits per heavy atom. The first-order valence-electron chi connectivity index (χ1n) is 4.94. The summed E-state index contributed by atoms with van der Waals surface area (Å²) in [6.45, 7) is 0.744. The fourth-order valence-electron chi connectivity index (χ4n) is 1.53. The maximum Gasteiger partial charge on any atom is 0.194 e. The molecule has 0 amide bonds. The third-order valence-electron chi connectivity index (χ3n) is 2.60. The van der Waals surface area contributed by atoms with Crippen LogP contribution in [0.25, 0.3) is 0 Å². The molecule has 3 nitrogen and oxygen atoms in total. The van der Waals surface area contributed by atoms with Crippen molar-refractivity contribution < 1.29 is 4.79 Å². The van der Waals surface area contributed by atoms with Gasteiger partial charge < -0.3 is 5.32 Å². The molecule has 2 rings (SSSR count). The molecule has 0 radical (unpaired) electrons. The van der Waals surface area contributed by atoms with E-state index in [4.69, 9.17) is 0 Å². The minimum atomic E-state index is 0.253. The fourth-order valence-corrected chi connectivity index (χ4v) is 2.36. The summed E-state index contributed by atoms with van der Waals surface area (Å²) in [7, 11) is 1.88. The van der Waals surface area contributed by atoms with Crippen molar-refractivity contribution in [3.8, 4) is 0 Å². The van der Waals surface area contributed by atoms with Gasteiger partial charge in [0.15, 0.2) is 10.8 Å². The maximum absolute atomic E-state index is 11.8. The van der Waals surface area contributed by atoms with Crippen LogP contribution in [-0.4, -0.2) is 17.8 Å². The molecule has 1 aliphatic rings. The SMILES string of the molecule is CNCc1csc(C(=O)C2CCC2)n1. The summed E-state index contributed by atoms with van der Waals surface area (Å²) in [6, 6.07) is 0. The van der Waals surface area contributed by atoms with E-state index >= 15 is 0 Å². The lowest BCUT2D eigenvalue weighted by Crippen LogP contribution is -2.21. The zero-order valence-electron chi connectivity index (χ0n) is 8.25. The predicted molar refractivity (Wildman–Crippen MR) is 56.5 cm³/mol. The van der Waals surface area contributed by atoms with Crippen LogP contribution in [0, 0.1) is 5.92 Å². The molecule has 14 heavy (non-hydrogen) atoms. The van der Waals surface area contributed by atoms with Gasteiger partial charge in [-0.1, -0.05) is 6.42 Å². The van der Waals surface area contributed by atoms with Gasteiger partial charge in [-0.25, -0.2) is 4.98 Å². The Morgan fingerprint density at radius 3 is 3.07 bits per heavy atom. The Hall–Kier alpha value is -0.740. The lowest BCUT2D eigenvalue weighted by Gasteiger charge is -2.22. The van der Waals surface area contributed by atoms with Crippen LogP contribution in [0.2, 0.25) is 0 Å². The Morgan fingerprint density at radius 1 is 1.71 bits per heavy atom. The number of carbonyl (C=O) groups is 1. The van der Waals surface area contributed by atoms with E-state index in [1.807, 2.05) is 12.4 Å². The summed E-state index contributed by atoms with van der Waals surface area (Å²) in [5.41, 5.74) is 0.972. The molecule has 76 valence electrons. The molecule has 0 saturated heterocycles. The van der Waals surface area contributed by atoms with Gasteiger partial charge in [0.05, 0.1) is 5.69 Å². The molecule has 0 aliphatic heterocycles. The summed E-state index contributed by atoms with van der Waals surface area (Å²) in [5.74, 6) is 0.521. The highest BCUT2D eigenvalue weighted by Crippen LogP contribution is 2.30. The van der Waals surface area contributed by atoms with Crippen LogP contribution in [0.15, 0.2) is 5.38 Å². The summed E-state index contributed by atoms with van der Waals surface area (Å²) in [5, 5.41) is 5.68. The molecule has 1 fully saturated rings. The lowest BCUT2D eigenvalue weighted by molar-refractivity contribution is 0.0854. The number of hydrogen-bond acceptors (Lipinski definition) is 4. The minimum absolute atomic E-state index is 0.253. The molecule has 4 heteroatoms. The van der Waals surface area contributed by atoms with Crippen molar-refractivity contribution >= 4 is 17.1 Å².